The van der Waals surface area contributed by atoms with Crippen LogP contribution in [0.15, 0.2) is 44.9 Å². The molecule has 28 heavy (non-hydrogen) atoms. The number of thiophene rings is 1. The highest BCUT2D eigenvalue weighted by Crippen LogP contribution is 2.45. The molecule has 1 aliphatic carbocycles. The third-order valence-electron chi connectivity index (χ3n) is 6.20. The number of aromatic nitrogens is 2. The number of likely N-dealkylation sites (tertiary alicyclic amines) is 1. The number of furan rings is 1. The molecule has 2 aliphatic rings. The smallest absolute Gasteiger partial charge is 0.250 e. The number of nitrogens with zero attached hydrogens (tertiary/aromatic N) is 3. The zero-order chi connectivity index (χ0) is 19.0. The monoisotopic (exact) mass is 397 g/mol. The molecule has 7 heteroatoms. The third kappa shape index (κ3) is 2.98. The minimum Gasteiger partial charge on any atom is -0.472 e. The van der Waals surface area contributed by atoms with Gasteiger partial charge in [0.1, 0.15) is 6.26 Å². The lowest BCUT2D eigenvalue weighted by Crippen LogP contribution is -2.48. The number of carbonyl (C=O) groups is 1. The second-order valence-corrected chi connectivity index (χ2v) is 8.74. The summed E-state index contributed by atoms with van der Waals surface area (Å²) >= 11 is 1.72. The van der Waals surface area contributed by atoms with E-state index >= 15 is 0 Å². The van der Waals surface area contributed by atoms with Gasteiger partial charge in [-0.3, -0.25) is 4.79 Å². The molecule has 0 atom stereocenters. The van der Waals surface area contributed by atoms with Gasteiger partial charge in [-0.1, -0.05) is 18.9 Å². The van der Waals surface area contributed by atoms with Gasteiger partial charge in [0.25, 0.3) is 5.89 Å². The molecule has 0 spiro atoms. The number of hydrogen-bond acceptors (Lipinski definition) is 6. The van der Waals surface area contributed by atoms with Gasteiger partial charge in [-0.05, 0) is 43.2 Å². The van der Waals surface area contributed by atoms with E-state index in [1.807, 2.05) is 6.07 Å². The largest absolute Gasteiger partial charge is 0.472 e. The van der Waals surface area contributed by atoms with Gasteiger partial charge in [-0.25, -0.2) is 0 Å². The van der Waals surface area contributed by atoms with Gasteiger partial charge in [-0.15, -0.1) is 21.5 Å². The lowest BCUT2D eigenvalue weighted by Gasteiger charge is -2.37. The minimum absolute atomic E-state index is 0.207. The molecule has 1 aliphatic heterocycles. The fourth-order valence-electron chi connectivity index (χ4n) is 4.63. The van der Waals surface area contributed by atoms with Crippen LogP contribution in [0.25, 0.3) is 11.5 Å². The van der Waals surface area contributed by atoms with Crippen molar-refractivity contribution in [2.24, 2.45) is 0 Å². The van der Waals surface area contributed by atoms with Crippen molar-refractivity contribution >= 4 is 17.2 Å². The summed E-state index contributed by atoms with van der Waals surface area (Å²) < 4.78 is 10.9. The van der Waals surface area contributed by atoms with E-state index in [1.54, 1.807) is 23.9 Å². The standard InChI is InChI=1S/C21H23N3O3S/c25-20(21(8-1-2-9-21)17-4-3-13-28-17)24-10-5-15(6-11-24)18-22-23-19(27-18)16-7-12-26-14-16/h3-4,7,12-15H,1-2,5-6,8-11H2. The summed E-state index contributed by atoms with van der Waals surface area (Å²) in [6, 6.07) is 6.01. The summed E-state index contributed by atoms with van der Waals surface area (Å²) in [5, 5.41) is 10.5. The van der Waals surface area contributed by atoms with E-state index in [1.165, 1.54) is 4.88 Å². The Labute approximate surface area is 167 Å². The Morgan fingerprint density at radius 3 is 2.68 bits per heavy atom. The Kier molecular flexibility index (Phi) is 4.55. The van der Waals surface area contributed by atoms with Crippen molar-refractivity contribution in [1.82, 2.24) is 15.1 Å². The van der Waals surface area contributed by atoms with Gasteiger partial charge >= 0.3 is 0 Å². The van der Waals surface area contributed by atoms with Crippen LogP contribution in [0.3, 0.4) is 0 Å². The topological polar surface area (TPSA) is 72.4 Å². The Morgan fingerprint density at radius 1 is 1.18 bits per heavy atom. The summed E-state index contributed by atoms with van der Waals surface area (Å²) in [6.45, 7) is 1.50. The summed E-state index contributed by atoms with van der Waals surface area (Å²) in [6.07, 6.45) is 9.14. The van der Waals surface area contributed by atoms with Crippen molar-refractivity contribution in [2.75, 3.05) is 13.1 Å². The number of amides is 1. The van der Waals surface area contributed by atoms with Crippen LogP contribution in [0.2, 0.25) is 0 Å². The second kappa shape index (κ2) is 7.20. The van der Waals surface area contributed by atoms with Crippen molar-refractivity contribution in [3.05, 3.63) is 46.9 Å². The average molecular weight is 398 g/mol. The summed E-state index contributed by atoms with van der Waals surface area (Å²) in [5.41, 5.74) is 0.505. The lowest BCUT2D eigenvalue weighted by molar-refractivity contribution is -0.138. The third-order valence-corrected chi connectivity index (χ3v) is 7.27. The quantitative estimate of drug-likeness (QED) is 0.643. The summed E-state index contributed by atoms with van der Waals surface area (Å²) in [7, 11) is 0. The first-order valence-electron chi connectivity index (χ1n) is 9.96. The number of rotatable bonds is 4. The molecule has 0 N–H and O–H groups in total. The molecular formula is C21H23N3O3S. The lowest BCUT2D eigenvalue weighted by atomic mass is 9.82. The fraction of sp³-hybridized carbons (Fsp3) is 0.476. The molecule has 3 aromatic rings. The zero-order valence-corrected chi connectivity index (χ0v) is 16.5. The second-order valence-electron chi connectivity index (χ2n) is 7.79. The first kappa shape index (κ1) is 17.7. The van der Waals surface area contributed by atoms with Crippen molar-refractivity contribution in [2.45, 2.75) is 49.9 Å². The summed E-state index contributed by atoms with van der Waals surface area (Å²) in [5.74, 6) is 1.68. The number of carbonyl (C=O) groups excluding carboxylic acids is 1. The van der Waals surface area contributed by atoms with Crippen LogP contribution < -0.4 is 0 Å². The van der Waals surface area contributed by atoms with Crippen molar-refractivity contribution < 1.29 is 13.6 Å². The molecule has 0 radical (unpaired) electrons. The van der Waals surface area contributed by atoms with Gasteiger partial charge in [0.2, 0.25) is 11.8 Å². The highest BCUT2D eigenvalue weighted by Gasteiger charge is 2.46. The minimum atomic E-state index is -0.292. The highest BCUT2D eigenvalue weighted by atomic mass is 32.1. The van der Waals surface area contributed by atoms with Gasteiger partial charge in [0.05, 0.1) is 17.2 Å². The maximum Gasteiger partial charge on any atom is 0.250 e. The molecule has 146 valence electrons. The van der Waals surface area contributed by atoms with Crippen LogP contribution in [0.1, 0.15) is 55.2 Å². The predicted octanol–water partition coefficient (Wildman–Crippen LogP) is 4.61. The van der Waals surface area contributed by atoms with E-state index in [-0.39, 0.29) is 11.3 Å². The Hall–Kier alpha value is -2.41. The molecule has 4 heterocycles. The van der Waals surface area contributed by atoms with E-state index < -0.39 is 0 Å². The van der Waals surface area contributed by atoms with Gasteiger partial charge in [0.15, 0.2) is 0 Å². The molecule has 2 fully saturated rings. The predicted molar refractivity (Wildman–Crippen MR) is 105 cm³/mol. The van der Waals surface area contributed by atoms with E-state index in [0.717, 1.165) is 57.2 Å². The first-order chi connectivity index (χ1) is 13.8. The number of hydrogen-bond donors (Lipinski definition) is 0. The first-order valence-corrected chi connectivity index (χ1v) is 10.8. The van der Waals surface area contributed by atoms with E-state index in [2.05, 4.69) is 32.6 Å². The number of piperidine rings is 1. The van der Waals surface area contributed by atoms with Crippen LogP contribution >= 0.6 is 11.3 Å². The molecule has 1 saturated carbocycles. The normalized spacial score (nSPS) is 19.9. The van der Waals surface area contributed by atoms with Crippen LogP contribution in [-0.4, -0.2) is 34.1 Å². The molecule has 1 amide bonds. The highest BCUT2D eigenvalue weighted by molar-refractivity contribution is 7.10. The van der Waals surface area contributed by atoms with E-state index in [0.29, 0.717) is 17.7 Å². The summed E-state index contributed by atoms with van der Waals surface area (Å²) in [4.78, 5) is 16.8. The van der Waals surface area contributed by atoms with Crippen LogP contribution in [0.4, 0.5) is 0 Å². The SMILES string of the molecule is O=C(N1CCC(c2nnc(-c3ccoc3)o2)CC1)C1(c2cccs2)CCCC1. The fourth-order valence-corrected chi connectivity index (χ4v) is 5.61. The van der Waals surface area contributed by atoms with E-state index in [9.17, 15) is 4.79 Å². The molecule has 6 nitrogen and oxygen atoms in total. The van der Waals surface area contributed by atoms with Crippen molar-refractivity contribution in [3.63, 3.8) is 0 Å². The molecule has 1 saturated heterocycles. The Morgan fingerprint density at radius 2 is 2.00 bits per heavy atom. The zero-order valence-electron chi connectivity index (χ0n) is 15.7. The van der Waals surface area contributed by atoms with Crippen molar-refractivity contribution in [3.8, 4) is 11.5 Å². The Bertz CT molecular complexity index is 918. The Balaban J connectivity index is 1.27. The van der Waals surface area contributed by atoms with Crippen LogP contribution in [0, 0.1) is 0 Å². The molecule has 3 aromatic heterocycles. The molecular weight excluding hydrogens is 374 g/mol. The molecule has 0 aromatic carbocycles. The molecule has 0 unspecified atom stereocenters. The maximum absolute atomic E-state index is 13.5. The average Bonchev–Trinajstić information content (AvgIpc) is 3.52. The van der Waals surface area contributed by atoms with Gasteiger partial charge in [-0.2, -0.15) is 0 Å². The van der Waals surface area contributed by atoms with Crippen LogP contribution in [0.5, 0.6) is 0 Å². The van der Waals surface area contributed by atoms with Crippen LogP contribution in [-0.2, 0) is 10.2 Å². The molecule has 0 bridgehead atoms. The van der Waals surface area contributed by atoms with Gasteiger partial charge < -0.3 is 13.7 Å². The van der Waals surface area contributed by atoms with Gasteiger partial charge in [0, 0.05) is 23.9 Å². The van der Waals surface area contributed by atoms with Crippen molar-refractivity contribution in [1.29, 1.82) is 0 Å². The van der Waals surface area contributed by atoms with E-state index in [4.69, 9.17) is 8.83 Å². The molecule has 5 rings (SSSR count). The maximum atomic E-state index is 13.5.